The van der Waals surface area contributed by atoms with Crippen LogP contribution in [0.3, 0.4) is 0 Å². The van der Waals surface area contributed by atoms with Gasteiger partial charge in [-0.05, 0) is 55.4 Å². The lowest BCUT2D eigenvalue weighted by molar-refractivity contribution is -0.142. The Morgan fingerprint density at radius 1 is 0.944 bits per heavy atom. The van der Waals surface area contributed by atoms with Crippen LogP contribution in [0.4, 0.5) is 0 Å². The summed E-state index contributed by atoms with van der Waals surface area (Å²) in [6.45, 7) is 1.51. The third-order valence-electron chi connectivity index (χ3n) is 5.68. The number of carbonyl (C=O) groups is 4. The third-order valence-corrected chi connectivity index (χ3v) is 6.97. The van der Waals surface area contributed by atoms with E-state index in [2.05, 4.69) is 20.9 Å². The Morgan fingerprint density at radius 2 is 1.58 bits per heavy atom. The SMILES string of the molecule is CSCCC(N)C(=O)NC(C)C(=O)NC(Cc1c[nH]c2ccccc12)C(=O)NC(CCSC)C(=O)O. The lowest BCUT2D eigenvalue weighted by Gasteiger charge is -2.24. The van der Waals surface area contributed by atoms with Gasteiger partial charge in [-0.1, -0.05) is 18.2 Å². The van der Waals surface area contributed by atoms with Crippen molar-refractivity contribution in [2.24, 2.45) is 5.73 Å². The smallest absolute Gasteiger partial charge is 0.326 e. The molecule has 0 aliphatic carbocycles. The van der Waals surface area contributed by atoms with Gasteiger partial charge in [0.15, 0.2) is 0 Å². The van der Waals surface area contributed by atoms with E-state index in [0.717, 1.165) is 16.5 Å². The average Bonchev–Trinajstić information content (AvgIpc) is 3.26. The van der Waals surface area contributed by atoms with Crippen molar-refractivity contribution in [1.82, 2.24) is 20.9 Å². The van der Waals surface area contributed by atoms with Crippen molar-refractivity contribution in [3.8, 4) is 0 Å². The molecule has 2 aromatic rings. The molecule has 7 N–H and O–H groups in total. The van der Waals surface area contributed by atoms with E-state index in [1.54, 1.807) is 18.0 Å². The summed E-state index contributed by atoms with van der Waals surface area (Å²) in [5.74, 6) is -1.52. The molecule has 0 saturated carbocycles. The van der Waals surface area contributed by atoms with E-state index in [1.807, 2.05) is 36.8 Å². The number of fused-ring (bicyclic) bond motifs is 1. The number of carboxylic acid groups (broad SMARTS) is 1. The first-order valence-corrected chi connectivity index (χ1v) is 14.4. The number of aliphatic carboxylic acids is 1. The normalized spacial score (nSPS) is 14.4. The molecule has 12 heteroatoms. The lowest BCUT2D eigenvalue weighted by Crippen LogP contribution is -2.57. The Balaban J connectivity index is 2.18. The summed E-state index contributed by atoms with van der Waals surface area (Å²) in [7, 11) is 0. The molecule has 0 fully saturated rings. The van der Waals surface area contributed by atoms with Crippen molar-refractivity contribution >= 4 is 58.1 Å². The predicted octanol–water partition coefficient (Wildman–Crippen LogP) is 1.10. The quantitative estimate of drug-likeness (QED) is 0.196. The van der Waals surface area contributed by atoms with E-state index >= 15 is 0 Å². The molecule has 0 saturated heterocycles. The highest BCUT2D eigenvalue weighted by molar-refractivity contribution is 7.98. The number of H-pyrrole nitrogens is 1. The number of carbonyl (C=O) groups excluding carboxylic acids is 3. The van der Waals surface area contributed by atoms with Crippen LogP contribution in [0.5, 0.6) is 0 Å². The zero-order chi connectivity index (χ0) is 26.7. The number of nitrogens with two attached hydrogens (primary N) is 1. The number of benzene rings is 1. The topological polar surface area (TPSA) is 166 Å². The average molecular weight is 538 g/mol. The van der Waals surface area contributed by atoms with Crippen LogP contribution in [0.25, 0.3) is 10.9 Å². The van der Waals surface area contributed by atoms with Gasteiger partial charge in [-0.2, -0.15) is 23.5 Å². The molecule has 10 nitrogen and oxygen atoms in total. The van der Waals surface area contributed by atoms with E-state index in [9.17, 15) is 24.3 Å². The predicted molar refractivity (Wildman–Crippen MR) is 145 cm³/mol. The summed E-state index contributed by atoms with van der Waals surface area (Å²) in [5.41, 5.74) is 7.55. The number of aromatic nitrogens is 1. The van der Waals surface area contributed by atoms with E-state index in [1.165, 1.54) is 18.7 Å². The van der Waals surface area contributed by atoms with Gasteiger partial charge in [-0.25, -0.2) is 4.79 Å². The number of thioether (sulfide) groups is 2. The fourth-order valence-corrected chi connectivity index (χ4v) is 4.51. The highest BCUT2D eigenvalue weighted by Crippen LogP contribution is 2.19. The molecular formula is C24H35N5O5S2. The molecule has 0 aliphatic rings. The lowest BCUT2D eigenvalue weighted by atomic mass is 10.0. The molecule has 1 heterocycles. The van der Waals surface area contributed by atoms with Crippen molar-refractivity contribution in [2.75, 3.05) is 24.0 Å². The van der Waals surface area contributed by atoms with Gasteiger partial charge in [0.1, 0.15) is 18.1 Å². The molecule has 0 spiro atoms. The van der Waals surface area contributed by atoms with Crippen molar-refractivity contribution in [3.05, 3.63) is 36.0 Å². The maximum absolute atomic E-state index is 13.2. The van der Waals surface area contributed by atoms with Gasteiger partial charge in [0.25, 0.3) is 0 Å². The standard InChI is InChI=1S/C24H35N5O5S2/c1-14(27-22(31)17(25)8-10-35-2)21(30)29-20(23(32)28-19(24(33)34)9-11-36-3)12-15-13-26-18-7-5-4-6-16(15)18/h4-7,13-14,17,19-20,26H,8-12,25H2,1-3H3,(H,27,31)(H,28,32)(H,29,30)(H,33,34). The van der Waals surface area contributed by atoms with Crippen molar-refractivity contribution in [1.29, 1.82) is 0 Å². The Hall–Kier alpha value is -2.70. The van der Waals surface area contributed by atoms with Gasteiger partial charge < -0.3 is 31.8 Å². The van der Waals surface area contributed by atoms with Gasteiger partial charge in [0, 0.05) is 23.5 Å². The largest absolute Gasteiger partial charge is 0.480 e. The second kappa shape index (κ2) is 14.8. The monoisotopic (exact) mass is 537 g/mol. The molecule has 0 aliphatic heterocycles. The maximum atomic E-state index is 13.2. The first-order chi connectivity index (χ1) is 17.2. The number of nitrogens with one attached hydrogen (secondary N) is 4. The number of rotatable bonds is 15. The second-order valence-electron chi connectivity index (χ2n) is 8.42. The van der Waals surface area contributed by atoms with Crippen molar-refractivity contribution in [2.45, 2.75) is 50.4 Å². The number of para-hydroxylation sites is 1. The van der Waals surface area contributed by atoms with Gasteiger partial charge >= 0.3 is 5.97 Å². The minimum atomic E-state index is -1.14. The summed E-state index contributed by atoms with van der Waals surface area (Å²) in [6, 6.07) is 3.72. The molecule has 1 aromatic heterocycles. The fraction of sp³-hybridized carbons (Fsp3) is 0.500. The number of aromatic amines is 1. The van der Waals surface area contributed by atoms with Crippen LogP contribution in [0.2, 0.25) is 0 Å². The Labute approximate surface area is 219 Å². The number of hydrogen-bond acceptors (Lipinski definition) is 7. The molecule has 198 valence electrons. The molecular weight excluding hydrogens is 502 g/mol. The van der Waals surface area contributed by atoms with Gasteiger partial charge in [0.2, 0.25) is 17.7 Å². The number of amides is 3. The van der Waals surface area contributed by atoms with Crippen LogP contribution in [-0.4, -0.2) is 82.0 Å². The van der Waals surface area contributed by atoms with Crippen LogP contribution in [0.15, 0.2) is 30.5 Å². The zero-order valence-corrected chi connectivity index (χ0v) is 22.3. The summed E-state index contributed by atoms with van der Waals surface area (Å²) in [4.78, 5) is 53.2. The van der Waals surface area contributed by atoms with E-state index in [-0.39, 0.29) is 12.8 Å². The summed E-state index contributed by atoms with van der Waals surface area (Å²) < 4.78 is 0. The first kappa shape index (κ1) is 29.5. The minimum absolute atomic E-state index is 0.129. The third kappa shape index (κ3) is 8.75. The Bertz CT molecular complexity index is 1050. The molecule has 0 bridgehead atoms. The molecule has 1 aromatic carbocycles. The molecule has 36 heavy (non-hydrogen) atoms. The molecule has 4 atom stereocenters. The summed E-state index contributed by atoms with van der Waals surface area (Å²) >= 11 is 3.04. The van der Waals surface area contributed by atoms with E-state index in [0.29, 0.717) is 17.9 Å². The van der Waals surface area contributed by atoms with Crippen molar-refractivity contribution < 1.29 is 24.3 Å². The zero-order valence-electron chi connectivity index (χ0n) is 20.7. The molecule has 0 radical (unpaired) electrons. The van der Waals surface area contributed by atoms with Crippen LogP contribution in [0, 0.1) is 0 Å². The molecule has 3 amide bonds. The van der Waals surface area contributed by atoms with Crippen LogP contribution >= 0.6 is 23.5 Å². The van der Waals surface area contributed by atoms with E-state index in [4.69, 9.17) is 5.73 Å². The van der Waals surface area contributed by atoms with Crippen LogP contribution < -0.4 is 21.7 Å². The fourth-order valence-electron chi connectivity index (χ4n) is 3.55. The number of carboxylic acids is 1. The van der Waals surface area contributed by atoms with Crippen LogP contribution in [-0.2, 0) is 25.6 Å². The highest BCUT2D eigenvalue weighted by atomic mass is 32.2. The number of hydrogen-bond donors (Lipinski definition) is 6. The second-order valence-corrected chi connectivity index (χ2v) is 10.4. The molecule has 2 rings (SSSR count). The van der Waals surface area contributed by atoms with Gasteiger partial charge in [-0.15, -0.1) is 0 Å². The van der Waals surface area contributed by atoms with Gasteiger partial charge in [0.05, 0.1) is 6.04 Å². The molecule has 4 unspecified atom stereocenters. The minimum Gasteiger partial charge on any atom is -0.480 e. The summed E-state index contributed by atoms with van der Waals surface area (Å²) in [6.07, 6.45) is 6.37. The first-order valence-electron chi connectivity index (χ1n) is 11.6. The van der Waals surface area contributed by atoms with Crippen molar-refractivity contribution in [3.63, 3.8) is 0 Å². The Morgan fingerprint density at radius 3 is 2.25 bits per heavy atom. The highest BCUT2D eigenvalue weighted by Gasteiger charge is 2.29. The van der Waals surface area contributed by atoms with Crippen LogP contribution in [0.1, 0.15) is 25.3 Å². The maximum Gasteiger partial charge on any atom is 0.326 e. The van der Waals surface area contributed by atoms with Gasteiger partial charge in [-0.3, -0.25) is 14.4 Å². The van der Waals surface area contributed by atoms with E-state index < -0.39 is 47.9 Å². The Kier molecular flexibility index (Phi) is 12.1. The summed E-state index contributed by atoms with van der Waals surface area (Å²) in [5, 5.41) is 18.3.